The van der Waals surface area contributed by atoms with E-state index in [4.69, 9.17) is 9.84 Å². The van der Waals surface area contributed by atoms with Gasteiger partial charge in [0.05, 0.1) is 0 Å². The van der Waals surface area contributed by atoms with Crippen LogP contribution in [0.5, 0.6) is 0 Å². The largest absolute Gasteiger partial charge is 0.444 e. The molecule has 1 N–H and O–H groups in total. The van der Waals surface area contributed by atoms with Crippen molar-refractivity contribution in [1.82, 2.24) is 4.90 Å². The smallest absolute Gasteiger partial charge is 0.410 e. The summed E-state index contributed by atoms with van der Waals surface area (Å²) in [4.78, 5) is 13.7. The maximum absolute atomic E-state index is 11.9. The zero-order valence-corrected chi connectivity index (χ0v) is 12.1. The fraction of sp³-hybridized carbons (Fsp3) is 0.929. The predicted octanol–water partition coefficient (Wildman–Crippen LogP) is 2.65. The van der Waals surface area contributed by atoms with Crippen molar-refractivity contribution in [2.45, 2.75) is 52.6 Å². The molecule has 1 fully saturated rings. The first-order valence-corrected chi connectivity index (χ1v) is 6.96. The highest BCUT2D eigenvalue weighted by Crippen LogP contribution is 2.29. The predicted molar refractivity (Wildman–Crippen MR) is 71.4 cm³/mol. The molecule has 1 aliphatic heterocycles. The van der Waals surface area contributed by atoms with E-state index in [9.17, 15) is 4.79 Å². The van der Waals surface area contributed by atoms with E-state index in [0.717, 1.165) is 32.4 Å². The Morgan fingerprint density at radius 1 is 1.50 bits per heavy atom. The van der Waals surface area contributed by atoms with Gasteiger partial charge in [-0.15, -0.1) is 0 Å². The minimum absolute atomic E-state index is 0.205. The second-order valence-electron chi connectivity index (χ2n) is 6.16. The topological polar surface area (TPSA) is 49.8 Å². The molecule has 2 atom stereocenters. The van der Waals surface area contributed by atoms with Crippen molar-refractivity contribution in [2.75, 3.05) is 19.7 Å². The molecule has 1 heterocycles. The number of nitrogens with zero attached hydrogens (tertiary/aromatic N) is 1. The summed E-state index contributed by atoms with van der Waals surface area (Å²) in [6.45, 7) is 9.60. The summed E-state index contributed by atoms with van der Waals surface area (Å²) in [7, 11) is 0. The number of hydrogen-bond acceptors (Lipinski definition) is 3. The van der Waals surface area contributed by atoms with Gasteiger partial charge in [-0.05, 0) is 45.4 Å². The van der Waals surface area contributed by atoms with Crippen LogP contribution in [0.2, 0.25) is 0 Å². The van der Waals surface area contributed by atoms with Crippen molar-refractivity contribution in [1.29, 1.82) is 0 Å². The lowest BCUT2D eigenvalue weighted by molar-refractivity contribution is 0.0282. The highest BCUT2D eigenvalue weighted by atomic mass is 16.6. The standard InChI is InChI=1S/C14H27NO3/c1-5-11(7-9-16)12-6-8-15(10-12)13(17)18-14(2,3)4/h11-12,16H,5-10H2,1-4H3. The van der Waals surface area contributed by atoms with Crippen molar-refractivity contribution < 1.29 is 14.6 Å². The summed E-state index contributed by atoms with van der Waals surface area (Å²) < 4.78 is 5.38. The minimum atomic E-state index is -0.426. The van der Waals surface area contributed by atoms with E-state index in [1.165, 1.54) is 0 Å². The molecule has 0 spiro atoms. The van der Waals surface area contributed by atoms with Gasteiger partial charge >= 0.3 is 6.09 Å². The average molecular weight is 257 g/mol. The Morgan fingerprint density at radius 3 is 2.67 bits per heavy atom. The molecule has 18 heavy (non-hydrogen) atoms. The van der Waals surface area contributed by atoms with Crippen molar-refractivity contribution >= 4 is 6.09 Å². The molecule has 2 unspecified atom stereocenters. The lowest BCUT2D eigenvalue weighted by Crippen LogP contribution is -2.35. The third-order valence-corrected chi connectivity index (χ3v) is 3.57. The number of amides is 1. The van der Waals surface area contributed by atoms with Gasteiger partial charge in [-0.1, -0.05) is 13.3 Å². The quantitative estimate of drug-likeness (QED) is 0.842. The third-order valence-electron chi connectivity index (χ3n) is 3.57. The monoisotopic (exact) mass is 257 g/mol. The molecule has 0 saturated carbocycles. The number of aliphatic hydroxyl groups excluding tert-OH is 1. The minimum Gasteiger partial charge on any atom is -0.444 e. The number of carbonyl (C=O) groups excluding carboxylic acids is 1. The van der Waals surface area contributed by atoms with Crippen LogP contribution in [-0.4, -0.2) is 41.4 Å². The Hall–Kier alpha value is -0.770. The Kier molecular flexibility index (Phi) is 5.45. The van der Waals surface area contributed by atoms with Crippen molar-refractivity contribution in [3.63, 3.8) is 0 Å². The van der Waals surface area contributed by atoms with Crippen LogP contribution in [-0.2, 0) is 4.74 Å². The van der Waals surface area contributed by atoms with E-state index in [2.05, 4.69) is 6.92 Å². The van der Waals surface area contributed by atoms with Crippen LogP contribution in [0.1, 0.15) is 47.0 Å². The van der Waals surface area contributed by atoms with E-state index >= 15 is 0 Å². The number of carbonyl (C=O) groups is 1. The zero-order valence-electron chi connectivity index (χ0n) is 12.1. The molecule has 0 bridgehead atoms. The van der Waals surface area contributed by atoms with Crippen LogP contribution >= 0.6 is 0 Å². The molecule has 106 valence electrons. The van der Waals surface area contributed by atoms with Gasteiger partial charge in [0.15, 0.2) is 0 Å². The molecule has 1 saturated heterocycles. The molecule has 0 aliphatic carbocycles. The fourth-order valence-corrected chi connectivity index (χ4v) is 2.60. The van der Waals surface area contributed by atoms with E-state index in [0.29, 0.717) is 11.8 Å². The maximum atomic E-state index is 11.9. The summed E-state index contributed by atoms with van der Waals surface area (Å²) in [5.41, 5.74) is -0.426. The molecule has 1 aliphatic rings. The van der Waals surface area contributed by atoms with Crippen molar-refractivity contribution in [3.8, 4) is 0 Å². The first-order valence-electron chi connectivity index (χ1n) is 6.96. The van der Waals surface area contributed by atoms with Crippen LogP contribution in [0.25, 0.3) is 0 Å². The van der Waals surface area contributed by atoms with Crippen LogP contribution in [0.15, 0.2) is 0 Å². The van der Waals surface area contributed by atoms with Crippen LogP contribution in [0.4, 0.5) is 4.79 Å². The van der Waals surface area contributed by atoms with E-state index < -0.39 is 5.60 Å². The Morgan fingerprint density at radius 2 is 2.17 bits per heavy atom. The van der Waals surface area contributed by atoms with Gasteiger partial charge in [0.1, 0.15) is 5.60 Å². The average Bonchev–Trinajstić information content (AvgIpc) is 2.72. The first-order chi connectivity index (χ1) is 8.37. The van der Waals surface area contributed by atoms with Gasteiger partial charge in [-0.25, -0.2) is 4.79 Å². The SMILES string of the molecule is CCC(CCO)C1CCN(C(=O)OC(C)(C)C)C1. The third kappa shape index (κ3) is 4.48. The summed E-state index contributed by atoms with van der Waals surface area (Å²) in [5.74, 6) is 1.03. The molecular formula is C14H27NO3. The summed E-state index contributed by atoms with van der Waals surface area (Å²) in [6.07, 6.45) is 2.72. The lowest BCUT2D eigenvalue weighted by atomic mass is 9.87. The molecule has 4 nitrogen and oxygen atoms in total. The normalized spacial score (nSPS) is 22.1. The zero-order chi connectivity index (χ0) is 13.8. The Balaban J connectivity index is 2.47. The van der Waals surface area contributed by atoms with Crippen LogP contribution < -0.4 is 0 Å². The van der Waals surface area contributed by atoms with E-state index in [1.807, 2.05) is 20.8 Å². The van der Waals surface area contributed by atoms with Gasteiger partial charge in [-0.3, -0.25) is 0 Å². The number of hydrogen-bond donors (Lipinski definition) is 1. The second-order valence-corrected chi connectivity index (χ2v) is 6.16. The number of likely N-dealkylation sites (tertiary alicyclic amines) is 1. The molecule has 0 aromatic heterocycles. The summed E-state index contributed by atoms with van der Waals surface area (Å²) in [5, 5.41) is 9.05. The number of ether oxygens (including phenoxy) is 1. The van der Waals surface area contributed by atoms with Gasteiger partial charge in [0.25, 0.3) is 0 Å². The molecular weight excluding hydrogens is 230 g/mol. The van der Waals surface area contributed by atoms with E-state index in [-0.39, 0.29) is 12.7 Å². The molecule has 0 aromatic rings. The Bertz CT molecular complexity index is 273. The van der Waals surface area contributed by atoms with Gasteiger partial charge in [0, 0.05) is 19.7 Å². The number of rotatable bonds is 4. The molecule has 0 aromatic carbocycles. The summed E-state index contributed by atoms with van der Waals surface area (Å²) in [6, 6.07) is 0. The fourth-order valence-electron chi connectivity index (χ4n) is 2.60. The Labute approximate surface area is 110 Å². The second kappa shape index (κ2) is 6.41. The summed E-state index contributed by atoms with van der Waals surface area (Å²) >= 11 is 0. The van der Waals surface area contributed by atoms with Crippen molar-refractivity contribution in [2.24, 2.45) is 11.8 Å². The molecule has 1 rings (SSSR count). The van der Waals surface area contributed by atoms with Gasteiger partial charge in [0.2, 0.25) is 0 Å². The van der Waals surface area contributed by atoms with Crippen molar-refractivity contribution in [3.05, 3.63) is 0 Å². The van der Waals surface area contributed by atoms with E-state index in [1.54, 1.807) is 4.90 Å². The highest BCUT2D eigenvalue weighted by molar-refractivity contribution is 5.68. The van der Waals surface area contributed by atoms with Crippen LogP contribution in [0, 0.1) is 11.8 Å². The van der Waals surface area contributed by atoms with Crippen LogP contribution in [0.3, 0.4) is 0 Å². The molecule has 1 amide bonds. The highest BCUT2D eigenvalue weighted by Gasteiger charge is 2.32. The van der Waals surface area contributed by atoms with Gasteiger partial charge < -0.3 is 14.7 Å². The molecule has 0 radical (unpaired) electrons. The molecule has 4 heteroatoms. The number of aliphatic hydroxyl groups is 1. The maximum Gasteiger partial charge on any atom is 0.410 e. The van der Waals surface area contributed by atoms with Gasteiger partial charge in [-0.2, -0.15) is 0 Å². The lowest BCUT2D eigenvalue weighted by Gasteiger charge is -2.25. The first kappa shape index (κ1) is 15.3.